The zero-order valence-electron chi connectivity index (χ0n) is 26.7. The monoisotopic (exact) mass is 643 g/mol. The van der Waals surface area contributed by atoms with Crippen molar-refractivity contribution in [1.29, 1.82) is 0 Å². The lowest BCUT2D eigenvalue weighted by atomic mass is 9.98. The largest absolute Gasteiger partial charge is 0.337 e. The van der Waals surface area contributed by atoms with Gasteiger partial charge in [0, 0.05) is 24.2 Å². The van der Waals surface area contributed by atoms with Crippen molar-refractivity contribution in [3.05, 3.63) is 137 Å². The van der Waals surface area contributed by atoms with E-state index in [1.54, 1.807) is 12.1 Å². The predicted molar refractivity (Wildman–Crippen MR) is 187 cm³/mol. The summed E-state index contributed by atoms with van der Waals surface area (Å²) in [7, 11) is -4.21. The van der Waals surface area contributed by atoms with Crippen LogP contribution in [0.5, 0.6) is 0 Å². The zero-order valence-corrected chi connectivity index (χ0v) is 27.5. The van der Waals surface area contributed by atoms with E-state index < -0.39 is 16.1 Å². The highest BCUT2D eigenvalue weighted by Gasteiger charge is 2.23. The molecule has 6 aromatic rings. The molecule has 0 bridgehead atoms. The van der Waals surface area contributed by atoms with E-state index in [0.29, 0.717) is 30.6 Å². The second-order valence-corrected chi connectivity index (χ2v) is 13.2. The van der Waals surface area contributed by atoms with Crippen LogP contribution in [-0.4, -0.2) is 35.5 Å². The third kappa shape index (κ3) is 7.10. The van der Waals surface area contributed by atoms with E-state index in [1.807, 2.05) is 104 Å². The molecule has 6 rings (SSSR count). The number of hydrogen-bond acceptors (Lipinski definition) is 5. The first kappa shape index (κ1) is 31.7. The molecule has 0 fully saturated rings. The van der Waals surface area contributed by atoms with E-state index >= 15 is 0 Å². The smallest absolute Gasteiger partial charge is 0.328 e. The van der Waals surface area contributed by atoms with Gasteiger partial charge in [0.25, 0.3) is 10.0 Å². The summed E-state index contributed by atoms with van der Waals surface area (Å²) in [6.45, 7) is 7.01. The number of sulfonamides is 1. The van der Waals surface area contributed by atoms with Gasteiger partial charge in [0.15, 0.2) is 5.65 Å². The van der Waals surface area contributed by atoms with E-state index in [-0.39, 0.29) is 4.90 Å². The van der Waals surface area contributed by atoms with Crippen molar-refractivity contribution >= 4 is 27.2 Å². The number of hydrogen-bond donors (Lipinski definition) is 2. The highest BCUT2D eigenvalue weighted by atomic mass is 32.2. The number of imidazole rings is 1. The van der Waals surface area contributed by atoms with Crippen LogP contribution in [-0.2, 0) is 29.4 Å². The van der Waals surface area contributed by atoms with Gasteiger partial charge in [0.1, 0.15) is 11.3 Å². The molecule has 0 aliphatic carbocycles. The van der Waals surface area contributed by atoms with Crippen LogP contribution in [0.25, 0.3) is 33.4 Å². The normalized spacial score (nSPS) is 11.5. The fourth-order valence-corrected chi connectivity index (χ4v) is 6.97. The van der Waals surface area contributed by atoms with Crippen molar-refractivity contribution < 1.29 is 13.2 Å². The van der Waals surface area contributed by atoms with Crippen molar-refractivity contribution in [3.8, 4) is 22.3 Å². The molecular formula is C38H37N5O3S. The van der Waals surface area contributed by atoms with Crippen LogP contribution >= 0.6 is 0 Å². The van der Waals surface area contributed by atoms with Crippen LogP contribution < -0.4 is 10.0 Å². The van der Waals surface area contributed by atoms with Gasteiger partial charge in [-0.2, -0.15) is 0 Å². The Labute approximate surface area is 275 Å². The number of pyridine rings is 1. The number of nitrogens with zero attached hydrogens (tertiary/aromatic N) is 3. The molecule has 4 aromatic carbocycles. The first-order valence-electron chi connectivity index (χ1n) is 15.7. The molecule has 2 aromatic heterocycles. The minimum Gasteiger partial charge on any atom is -0.337 e. The number of fused-ring (bicyclic) bond motifs is 1. The van der Waals surface area contributed by atoms with Crippen LogP contribution in [0, 0.1) is 13.8 Å². The van der Waals surface area contributed by atoms with Crippen LogP contribution in [0.4, 0.5) is 4.79 Å². The van der Waals surface area contributed by atoms with E-state index in [4.69, 9.17) is 9.97 Å². The van der Waals surface area contributed by atoms with Crippen molar-refractivity contribution in [2.24, 2.45) is 0 Å². The number of aromatic nitrogens is 3. The van der Waals surface area contributed by atoms with Gasteiger partial charge in [-0.05, 0) is 71.8 Å². The maximum atomic E-state index is 13.7. The summed E-state index contributed by atoms with van der Waals surface area (Å²) in [5, 5.41) is 2.67. The summed E-state index contributed by atoms with van der Waals surface area (Å²) in [4.78, 5) is 22.4. The minimum absolute atomic E-state index is 0.0205. The molecule has 0 saturated heterocycles. The molecule has 47 heavy (non-hydrogen) atoms. The van der Waals surface area contributed by atoms with Crippen molar-refractivity contribution in [2.75, 3.05) is 6.54 Å². The van der Waals surface area contributed by atoms with Gasteiger partial charge in [-0.15, -0.1) is 0 Å². The topological polar surface area (TPSA) is 106 Å². The number of rotatable bonds is 10. The van der Waals surface area contributed by atoms with Gasteiger partial charge in [-0.3, -0.25) is 0 Å². The molecule has 8 nitrogen and oxygen atoms in total. The summed E-state index contributed by atoms with van der Waals surface area (Å²) in [6.07, 6.45) is 1.36. The van der Waals surface area contributed by atoms with Crippen LogP contribution in [0.3, 0.4) is 0 Å². The fraction of sp³-hybridized carbons (Fsp3) is 0.184. The zero-order chi connectivity index (χ0) is 33.0. The molecule has 2 N–H and O–H groups in total. The Balaban J connectivity index is 1.30. The highest BCUT2D eigenvalue weighted by molar-refractivity contribution is 7.90. The summed E-state index contributed by atoms with van der Waals surface area (Å²) in [5.41, 5.74) is 8.93. The van der Waals surface area contributed by atoms with Gasteiger partial charge in [-0.1, -0.05) is 97.9 Å². The van der Waals surface area contributed by atoms with Gasteiger partial charge in [0.05, 0.1) is 11.4 Å². The molecule has 0 radical (unpaired) electrons. The number of benzene rings is 4. The van der Waals surface area contributed by atoms with E-state index in [2.05, 4.69) is 28.5 Å². The fourth-order valence-electron chi connectivity index (χ4n) is 5.83. The molecular weight excluding hydrogens is 607 g/mol. The van der Waals surface area contributed by atoms with Crippen molar-refractivity contribution in [2.45, 2.75) is 45.1 Å². The van der Waals surface area contributed by atoms with Gasteiger partial charge in [0.2, 0.25) is 0 Å². The first-order chi connectivity index (χ1) is 22.7. The molecule has 0 aliphatic rings. The lowest BCUT2D eigenvalue weighted by Gasteiger charge is -2.15. The Morgan fingerprint density at radius 1 is 0.766 bits per heavy atom. The number of carbonyl (C=O) groups excluding carboxylic acids is 1. The summed E-state index contributed by atoms with van der Waals surface area (Å²) in [5.74, 6) is 0.960. The number of carbonyl (C=O) groups is 1. The number of amides is 2. The molecule has 0 atom stereocenters. The standard InChI is InChI=1S/C38H37N5O3S/c1-4-35-41-36-26(2)23-27(3)40-37(36)43(35)25-29-15-17-31(18-16-29)33-24-32(30-13-9-6-10-14-30)19-20-34(33)47(45,46)42-38(44)39-22-21-28-11-7-5-8-12-28/h5-20,23-24H,4,21-22,25H2,1-3H3,(H2,39,42,44). The Bertz CT molecular complexity index is 2140. The van der Waals surface area contributed by atoms with Crippen LogP contribution in [0.2, 0.25) is 0 Å². The Morgan fingerprint density at radius 2 is 1.45 bits per heavy atom. The third-order valence-electron chi connectivity index (χ3n) is 8.17. The summed E-state index contributed by atoms with van der Waals surface area (Å²) >= 11 is 0. The van der Waals surface area contributed by atoms with Crippen molar-refractivity contribution in [1.82, 2.24) is 24.6 Å². The van der Waals surface area contributed by atoms with Crippen LogP contribution in [0.15, 0.2) is 114 Å². The van der Waals surface area contributed by atoms with Crippen LogP contribution in [0.1, 0.15) is 35.1 Å². The number of nitrogens with one attached hydrogen (secondary N) is 2. The average molecular weight is 644 g/mol. The van der Waals surface area contributed by atoms with Gasteiger partial charge < -0.3 is 9.88 Å². The van der Waals surface area contributed by atoms with E-state index in [1.165, 1.54) is 0 Å². The first-order valence-corrected chi connectivity index (χ1v) is 17.2. The maximum Gasteiger partial charge on any atom is 0.328 e. The molecule has 0 spiro atoms. The van der Waals surface area contributed by atoms with E-state index in [9.17, 15) is 13.2 Å². The Kier molecular flexibility index (Phi) is 9.17. The lowest BCUT2D eigenvalue weighted by molar-refractivity contribution is 0.246. The SMILES string of the molecule is CCc1nc2c(C)cc(C)nc2n1Cc1ccc(-c2cc(-c3ccccc3)ccc2S(=O)(=O)NC(=O)NCCc2ccccc2)cc1. The second-order valence-electron chi connectivity index (χ2n) is 11.6. The molecule has 0 saturated carbocycles. The van der Waals surface area contributed by atoms with Crippen molar-refractivity contribution in [3.63, 3.8) is 0 Å². The lowest BCUT2D eigenvalue weighted by Crippen LogP contribution is -2.40. The molecule has 0 unspecified atom stereocenters. The van der Waals surface area contributed by atoms with E-state index in [0.717, 1.165) is 56.9 Å². The summed E-state index contributed by atoms with van der Waals surface area (Å²) in [6, 6.07) is 33.8. The highest BCUT2D eigenvalue weighted by Crippen LogP contribution is 2.33. The summed E-state index contributed by atoms with van der Waals surface area (Å²) < 4.78 is 31.7. The average Bonchev–Trinajstić information content (AvgIpc) is 3.42. The molecule has 0 aliphatic heterocycles. The molecule has 9 heteroatoms. The second kappa shape index (κ2) is 13.6. The predicted octanol–water partition coefficient (Wildman–Crippen LogP) is 7.22. The number of aryl methyl sites for hydroxylation is 3. The molecule has 2 amide bonds. The molecule has 238 valence electrons. The Hall–Kier alpha value is -5.28. The number of urea groups is 1. The maximum absolute atomic E-state index is 13.7. The molecule has 2 heterocycles. The minimum atomic E-state index is -4.21. The van der Waals surface area contributed by atoms with Gasteiger partial charge in [-0.25, -0.2) is 27.9 Å². The third-order valence-corrected chi connectivity index (χ3v) is 9.56. The Morgan fingerprint density at radius 3 is 2.15 bits per heavy atom. The quantitative estimate of drug-likeness (QED) is 0.164. The van der Waals surface area contributed by atoms with Gasteiger partial charge >= 0.3 is 6.03 Å².